The first kappa shape index (κ1) is 18.1. The first-order valence-electron chi connectivity index (χ1n) is 9.34. The van der Waals surface area contributed by atoms with Crippen LogP contribution in [-0.2, 0) is 12.7 Å². The van der Waals surface area contributed by atoms with E-state index in [-0.39, 0.29) is 0 Å². The van der Waals surface area contributed by atoms with Crippen molar-refractivity contribution >= 4 is 10.9 Å². The highest BCUT2D eigenvalue weighted by atomic mass is 19.4. The van der Waals surface area contributed by atoms with Gasteiger partial charge < -0.3 is 9.47 Å². The summed E-state index contributed by atoms with van der Waals surface area (Å²) in [5, 5.41) is 1.26. The second kappa shape index (κ2) is 7.04. The van der Waals surface area contributed by atoms with Gasteiger partial charge in [-0.2, -0.15) is 13.2 Å². The Balaban J connectivity index is 1.64. The van der Waals surface area contributed by atoms with Crippen LogP contribution in [0.4, 0.5) is 13.2 Å². The molecule has 1 aliphatic heterocycles. The number of alkyl halides is 3. The van der Waals surface area contributed by atoms with Crippen molar-refractivity contribution in [2.24, 2.45) is 0 Å². The number of fused-ring (bicyclic) bond motifs is 1. The normalized spacial score (nSPS) is 16.9. The van der Waals surface area contributed by atoms with E-state index in [1.165, 1.54) is 23.1 Å². The lowest BCUT2D eigenvalue weighted by Crippen LogP contribution is -2.29. The fraction of sp³-hybridized carbons (Fsp3) is 0.364. The molecule has 0 bridgehead atoms. The molecule has 0 saturated carbocycles. The van der Waals surface area contributed by atoms with Gasteiger partial charge in [0.05, 0.1) is 5.56 Å². The number of benzene rings is 2. The summed E-state index contributed by atoms with van der Waals surface area (Å²) in [6.07, 6.45) is 0.202. The Morgan fingerprint density at radius 1 is 0.963 bits per heavy atom. The van der Waals surface area contributed by atoms with Crippen molar-refractivity contribution in [2.45, 2.75) is 31.5 Å². The average molecular weight is 372 g/mol. The topological polar surface area (TPSA) is 8.17 Å². The van der Waals surface area contributed by atoms with E-state index in [0.29, 0.717) is 12.5 Å². The number of halogens is 3. The lowest BCUT2D eigenvalue weighted by Gasteiger charge is -2.28. The Hall–Kier alpha value is -2.27. The van der Waals surface area contributed by atoms with Crippen molar-refractivity contribution in [1.29, 1.82) is 0 Å². The number of para-hydroxylation sites is 1. The van der Waals surface area contributed by atoms with E-state index < -0.39 is 11.7 Å². The Kier molecular flexibility index (Phi) is 4.72. The summed E-state index contributed by atoms with van der Waals surface area (Å²) >= 11 is 0. The quantitative estimate of drug-likeness (QED) is 0.588. The highest BCUT2D eigenvalue weighted by Crippen LogP contribution is 2.35. The zero-order valence-electron chi connectivity index (χ0n) is 15.3. The molecule has 2 nitrogen and oxygen atoms in total. The van der Waals surface area contributed by atoms with Gasteiger partial charge in [-0.25, -0.2) is 0 Å². The van der Waals surface area contributed by atoms with Crippen LogP contribution < -0.4 is 0 Å². The maximum atomic E-state index is 12.8. The van der Waals surface area contributed by atoms with Crippen molar-refractivity contribution < 1.29 is 13.2 Å². The van der Waals surface area contributed by atoms with Crippen molar-refractivity contribution in [3.05, 3.63) is 71.4 Å². The van der Waals surface area contributed by atoms with Crippen LogP contribution in [0.3, 0.4) is 0 Å². The fourth-order valence-corrected chi connectivity index (χ4v) is 4.05. The average Bonchev–Trinajstić information content (AvgIpc) is 3.01. The summed E-state index contributed by atoms with van der Waals surface area (Å²) in [7, 11) is 2.16. The van der Waals surface area contributed by atoms with Crippen LogP contribution in [0.5, 0.6) is 0 Å². The molecule has 27 heavy (non-hydrogen) atoms. The number of nitrogens with zero attached hydrogens (tertiary/aromatic N) is 2. The number of hydrogen-bond donors (Lipinski definition) is 0. The molecule has 0 radical (unpaired) electrons. The molecule has 142 valence electrons. The molecule has 1 aromatic heterocycles. The molecule has 1 aliphatic rings. The van der Waals surface area contributed by atoms with Gasteiger partial charge >= 0.3 is 6.18 Å². The first-order chi connectivity index (χ1) is 12.9. The van der Waals surface area contributed by atoms with Gasteiger partial charge in [0, 0.05) is 23.6 Å². The maximum Gasteiger partial charge on any atom is 0.416 e. The zero-order valence-corrected chi connectivity index (χ0v) is 15.3. The number of likely N-dealkylation sites (tertiary alicyclic amines) is 1. The minimum Gasteiger partial charge on any atom is -0.343 e. The molecule has 1 fully saturated rings. The van der Waals surface area contributed by atoms with E-state index in [9.17, 15) is 13.2 Å². The molecule has 3 aromatic rings. The standard InChI is InChI=1S/C22H23F3N2/c1-26-12-10-17(11-13-26)20-15-27(21-5-3-2-4-19(20)21)14-16-6-8-18(9-7-16)22(23,24)25/h2-9,15,17H,10-14H2,1H3. The summed E-state index contributed by atoms with van der Waals surface area (Å²) in [5.74, 6) is 0.542. The maximum absolute atomic E-state index is 12.8. The van der Waals surface area contributed by atoms with Crippen LogP contribution >= 0.6 is 0 Å². The van der Waals surface area contributed by atoms with Crippen LogP contribution in [0.1, 0.15) is 35.4 Å². The fourth-order valence-electron chi connectivity index (χ4n) is 4.05. The molecule has 4 rings (SSSR count). The Labute approximate surface area is 157 Å². The van der Waals surface area contributed by atoms with Gasteiger partial charge in [-0.05, 0) is 68.2 Å². The molecule has 0 atom stereocenters. The smallest absolute Gasteiger partial charge is 0.343 e. The summed E-state index contributed by atoms with van der Waals surface area (Å²) < 4.78 is 40.5. The van der Waals surface area contributed by atoms with Crippen molar-refractivity contribution in [2.75, 3.05) is 20.1 Å². The van der Waals surface area contributed by atoms with Crippen LogP contribution in [-0.4, -0.2) is 29.6 Å². The predicted molar refractivity (Wildman–Crippen MR) is 102 cm³/mol. The summed E-state index contributed by atoms with van der Waals surface area (Å²) in [4.78, 5) is 2.36. The minimum atomic E-state index is -4.29. The molecule has 5 heteroatoms. The summed E-state index contributed by atoms with van der Waals surface area (Å²) in [6.45, 7) is 2.78. The largest absolute Gasteiger partial charge is 0.416 e. The Bertz CT molecular complexity index is 917. The van der Waals surface area contributed by atoms with E-state index in [4.69, 9.17) is 0 Å². The van der Waals surface area contributed by atoms with Crippen molar-refractivity contribution in [1.82, 2.24) is 9.47 Å². The monoisotopic (exact) mass is 372 g/mol. The van der Waals surface area contributed by atoms with E-state index in [2.05, 4.69) is 40.9 Å². The van der Waals surface area contributed by atoms with Crippen LogP contribution in [0.15, 0.2) is 54.7 Å². The lowest BCUT2D eigenvalue weighted by atomic mass is 9.89. The predicted octanol–water partition coefficient (Wildman–Crippen LogP) is 5.52. The molecule has 0 spiro atoms. The highest BCUT2D eigenvalue weighted by Gasteiger charge is 2.30. The molecule has 0 N–H and O–H groups in total. The number of hydrogen-bond acceptors (Lipinski definition) is 1. The second-order valence-electron chi connectivity index (χ2n) is 7.50. The minimum absolute atomic E-state index is 0.542. The molecule has 1 saturated heterocycles. The SMILES string of the molecule is CN1CCC(c2cn(Cc3ccc(C(F)(F)F)cc3)c3ccccc23)CC1. The third kappa shape index (κ3) is 3.74. The van der Waals surface area contributed by atoms with E-state index in [1.807, 2.05) is 6.07 Å². The lowest BCUT2D eigenvalue weighted by molar-refractivity contribution is -0.137. The number of aromatic nitrogens is 1. The summed E-state index contributed by atoms with van der Waals surface area (Å²) in [6, 6.07) is 13.8. The van der Waals surface area contributed by atoms with Gasteiger partial charge in [-0.1, -0.05) is 30.3 Å². The Morgan fingerprint density at radius 2 is 1.63 bits per heavy atom. The molecule has 2 aromatic carbocycles. The van der Waals surface area contributed by atoms with Crippen molar-refractivity contribution in [3.8, 4) is 0 Å². The van der Waals surface area contributed by atoms with Crippen LogP contribution in [0.2, 0.25) is 0 Å². The molecule has 0 aliphatic carbocycles. The highest BCUT2D eigenvalue weighted by molar-refractivity contribution is 5.84. The zero-order chi connectivity index (χ0) is 19.0. The second-order valence-corrected chi connectivity index (χ2v) is 7.50. The van der Waals surface area contributed by atoms with E-state index in [0.717, 1.165) is 37.0 Å². The van der Waals surface area contributed by atoms with Gasteiger partial charge in [0.25, 0.3) is 0 Å². The van der Waals surface area contributed by atoms with Crippen LogP contribution in [0, 0.1) is 0 Å². The van der Waals surface area contributed by atoms with Crippen LogP contribution in [0.25, 0.3) is 10.9 Å². The van der Waals surface area contributed by atoms with Crippen molar-refractivity contribution in [3.63, 3.8) is 0 Å². The van der Waals surface area contributed by atoms with Gasteiger partial charge in [0.2, 0.25) is 0 Å². The Morgan fingerprint density at radius 3 is 2.30 bits per heavy atom. The van der Waals surface area contributed by atoms with Gasteiger partial charge in [0.1, 0.15) is 0 Å². The molecule has 0 unspecified atom stereocenters. The van der Waals surface area contributed by atoms with Gasteiger partial charge in [-0.15, -0.1) is 0 Å². The third-order valence-electron chi connectivity index (χ3n) is 5.61. The molecular formula is C22H23F3N2. The molecular weight excluding hydrogens is 349 g/mol. The van der Waals surface area contributed by atoms with E-state index in [1.54, 1.807) is 12.1 Å². The van der Waals surface area contributed by atoms with Gasteiger partial charge in [0.15, 0.2) is 0 Å². The number of piperidine rings is 1. The number of rotatable bonds is 3. The molecule has 0 amide bonds. The molecule has 2 heterocycles. The van der Waals surface area contributed by atoms with E-state index >= 15 is 0 Å². The van der Waals surface area contributed by atoms with Gasteiger partial charge in [-0.3, -0.25) is 0 Å². The first-order valence-corrected chi connectivity index (χ1v) is 9.34. The third-order valence-corrected chi connectivity index (χ3v) is 5.61. The summed E-state index contributed by atoms with van der Waals surface area (Å²) in [5.41, 5.74) is 2.78.